The first-order valence-corrected chi connectivity index (χ1v) is 6.82. The highest BCUT2D eigenvalue weighted by Gasteiger charge is 2.13. The molecule has 18 heavy (non-hydrogen) atoms. The second-order valence-electron chi connectivity index (χ2n) is 4.76. The number of hydrogen-bond donors (Lipinski definition) is 0. The van der Waals surface area contributed by atoms with Gasteiger partial charge in [0.25, 0.3) is 0 Å². The third-order valence-corrected chi connectivity index (χ3v) is 3.13. The Morgan fingerprint density at radius 1 is 1.11 bits per heavy atom. The van der Waals surface area contributed by atoms with E-state index in [0.29, 0.717) is 0 Å². The van der Waals surface area contributed by atoms with Crippen LogP contribution >= 0.6 is 0 Å². The van der Waals surface area contributed by atoms with Gasteiger partial charge in [0.15, 0.2) is 0 Å². The van der Waals surface area contributed by atoms with Crippen molar-refractivity contribution < 1.29 is 0 Å². The second kappa shape index (κ2) is 8.90. The van der Waals surface area contributed by atoms with Gasteiger partial charge in [-0.15, -0.1) is 6.58 Å². The lowest BCUT2D eigenvalue weighted by molar-refractivity contribution is 0.148. The predicted molar refractivity (Wildman–Crippen MR) is 79.7 cm³/mol. The number of rotatable bonds is 3. The van der Waals surface area contributed by atoms with Crippen molar-refractivity contribution in [3.05, 3.63) is 48.6 Å². The number of benzene rings is 1. The van der Waals surface area contributed by atoms with E-state index in [4.69, 9.17) is 0 Å². The molecule has 1 aliphatic heterocycles. The minimum atomic E-state index is 1.08. The van der Waals surface area contributed by atoms with Crippen LogP contribution < -0.4 is 0 Å². The van der Waals surface area contributed by atoms with Gasteiger partial charge in [-0.3, -0.25) is 4.90 Å². The number of hydrogen-bond acceptors (Lipinski definition) is 2. The standard InChI is InChI=1S/C12H18N2.C4H8/c1-13-7-9-14(10-8-13)11-12-5-3-2-4-6-12;1-3-4-2/h2-6H,7-11H2,1H3;3H,1,4H2,2H3. The Bertz CT molecular complexity index is 313. The highest BCUT2D eigenvalue weighted by Crippen LogP contribution is 2.06. The fourth-order valence-corrected chi connectivity index (χ4v) is 1.85. The van der Waals surface area contributed by atoms with Crippen LogP contribution in [0.3, 0.4) is 0 Å². The minimum absolute atomic E-state index is 1.08. The Morgan fingerprint density at radius 2 is 1.67 bits per heavy atom. The Balaban J connectivity index is 0.000000357. The zero-order chi connectivity index (χ0) is 13.2. The van der Waals surface area contributed by atoms with E-state index in [1.54, 1.807) is 0 Å². The Hall–Kier alpha value is -1.12. The summed E-state index contributed by atoms with van der Waals surface area (Å²) in [6.07, 6.45) is 2.96. The first kappa shape index (κ1) is 14.9. The maximum atomic E-state index is 3.48. The zero-order valence-electron chi connectivity index (χ0n) is 11.8. The van der Waals surface area contributed by atoms with Crippen LogP contribution in [0.4, 0.5) is 0 Å². The molecule has 1 aliphatic rings. The van der Waals surface area contributed by atoms with E-state index >= 15 is 0 Å². The largest absolute Gasteiger partial charge is 0.304 e. The fourth-order valence-electron chi connectivity index (χ4n) is 1.85. The average molecular weight is 246 g/mol. The van der Waals surface area contributed by atoms with Crippen molar-refractivity contribution in [1.29, 1.82) is 0 Å². The summed E-state index contributed by atoms with van der Waals surface area (Å²) >= 11 is 0. The molecule has 1 fully saturated rings. The van der Waals surface area contributed by atoms with Gasteiger partial charge in [0.05, 0.1) is 0 Å². The lowest BCUT2D eigenvalue weighted by Gasteiger charge is -2.32. The SMILES string of the molecule is C=CCC.CN1CCN(Cc2ccccc2)CC1. The molecule has 2 nitrogen and oxygen atoms in total. The lowest BCUT2D eigenvalue weighted by atomic mass is 10.2. The van der Waals surface area contributed by atoms with Crippen LogP contribution in [0.5, 0.6) is 0 Å². The molecule has 0 saturated carbocycles. The van der Waals surface area contributed by atoms with Gasteiger partial charge >= 0.3 is 0 Å². The molecular weight excluding hydrogens is 220 g/mol. The Morgan fingerprint density at radius 3 is 2.17 bits per heavy atom. The van der Waals surface area contributed by atoms with Gasteiger partial charge in [-0.05, 0) is 19.0 Å². The molecule has 0 radical (unpaired) electrons. The van der Waals surface area contributed by atoms with Crippen molar-refractivity contribution in [2.45, 2.75) is 19.9 Å². The summed E-state index contributed by atoms with van der Waals surface area (Å²) in [7, 11) is 2.19. The molecule has 2 heteroatoms. The first-order chi connectivity index (χ1) is 8.76. The summed E-state index contributed by atoms with van der Waals surface area (Å²) in [4.78, 5) is 4.91. The van der Waals surface area contributed by atoms with Crippen LogP contribution in [0.1, 0.15) is 18.9 Å². The molecule has 0 unspecified atom stereocenters. The van der Waals surface area contributed by atoms with E-state index in [1.165, 1.54) is 31.7 Å². The monoisotopic (exact) mass is 246 g/mol. The molecule has 2 rings (SSSR count). The summed E-state index contributed by atoms with van der Waals surface area (Å²) in [5.41, 5.74) is 1.43. The van der Waals surface area contributed by atoms with Crippen LogP contribution in [-0.2, 0) is 6.54 Å². The van der Waals surface area contributed by atoms with E-state index in [-0.39, 0.29) is 0 Å². The quantitative estimate of drug-likeness (QED) is 0.756. The normalized spacial score (nSPS) is 16.8. The van der Waals surface area contributed by atoms with Crippen LogP contribution in [0.2, 0.25) is 0 Å². The lowest BCUT2D eigenvalue weighted by Crippen LogP contribution is -2.43. The molecule has 1 aromatic rings. The van der Waals surface area contributed by atoms with E-state index < -0.39 is 0 Å². The molecule has 100 valence electrons. The molecule has 0 amide bonds. The van der Waals surface area contributed by atoms with Crippen molar-refractivity contribution in [2.24, 2.45) is 0 Å². The van der Waals surface area contributed by atoms with Gasteiger partial charge in [0.2, 0.25) is 0 Å². The molecule has 0 bridgehead atoms. The van der Waals surface area contributed by atoms with E-state index in [9.17, 15) is 0 Å². The van der Waals surface area contributed by atoms with Crippen LogP contribution in [0.15, 0.2) is 43.0 Å². The van der Waals surface area contributed by atoms with Crippen LogP contribution in [0.25, 0.3) is 0 Å². The molecule has 0 spiro atoms. The third-order valence-electron chi connectivity index (χ3n) is 3.13. The number of allylic oxidation sites excluding steroid dienone is 1. The van der Waals surface area contributed by atoms with Crippen LogP contribution in [0, 0.1) is 0 Å². The predicted octanol–water partition coefficient (Wildman–Crippen LogP) is 3.02. The average Bonchev–Trinajstić information content (AvgIpc) is 2.43. The minimum Gasteiger partial charge on any atom is -0.304 e. The smallest absolute Gasteiger partial charge is 0.0234 e. The maximum absolute atomic E-state index is 3.48. The Kier molecular flexibility index (Phi) is 7.38. The second-order valence-corrected chi connectivity index (χ2v) is 4.76. The number of likely N-dealkylation sites (N-methyl/N-ethyl adjacent to an activating group) is 1. The topological polar surface area (TPSA) is 6.48 Å². The van der Waals surface area contributed by atoms with Gasteiger partial charge in [-0.2, -0.15) is 0 Å². The molecule has 0 atom stereocenters. The van der Waals surface area contributed by atoms with Gasteiger partial charge in [0, 0.05) is 32.7 Å². The van der Waals surface area contributed by atoms with Gasteiger partial charge in [0.1, 0.15) is 0 Å². The third kappa shape index (κ3) is 5.99. The van der Waals surface area contributed by atoms with Gasteiger partial charge < -0.3 is 4.90 Å². The van der Waals surface area contributed by atoms with Gasteiger partial charge in [-0.1, -0.05) is 43.3 Å². The maximum Gasteiger partial charge on any atom is 0.0234 e. The highest BCUT2D eigenvalue weighted by molar-refractivity contribution is 5.14. The summed E-state index contributed by atoms with van der Waals surface area (Å²) in [6, 6.07) is 10.7. The molecule has 0 aliphatic carbocycles. The van der Waals surface area contributed by atoms with Crippen molar-refractivity contribution in [2.75, 3.05) is 33.2 Å². The summed E-state index contributed by atoms with van der Waals surface area (Å²) < 4.78 is 0. The summed E-state index contributed by atoms with van der Waals surface area (Å²) in [5, 5.41) is 0. The Labute approximate surface area is 112 Å². The van der Waals surface area contributed by atoms with Crippen molar-refractivity contribution in [1.82, 2.24) is 9.80 Å². The number of nitrogens with zero attached hydrogens (tertiary/aromatic N) is 2. The fraction of sp³-hybridized carbons (Fsp3) is 0.500. The molecular formula is C16H26N2. The van der Waals surface area contributed by atoms with Crippen LogP contribution in [-0.4, -0.2) is 43.0 Å². The van der Waals surface area contributed by atoms with Crippen molar-refractivity contribution in [3.63, 3.8) is 0 Å². The number of piperazine rings is 1. The van der Waals surface area contributed by atoms with E-state index in [0.717, 1.165) is 13.0 Å². The zero-order valence-corrected chi connectivity index (χ0v) is 11.8. The summed E-state index contributed by atoms with van der Waals surface area (Å²) in [6.45, 7) is 11.4. The van der Waals surface area contributed by atoms with Crippen molar-refractivity contribution >= 4 is 0 Å². The van der Waals surface area contributed by atoms with E-state index in [2.05, 4.69) is 60.7 Å². The van der Waals surface area contributed by atoms with Gasteiger partial charge in [-0.25, -0.2) is 0 Å². The summed E-state index contributed by atoms with van der Waals surface area (Å²) in [5.74, 6) is 0. The van der Waals surface area contributed by atoms with Crippen molar-refractivity contribution in [3.8, 4) is 0 Å². The molecule has 0 N–H and O–H groups in total. The molecule has 1 aromatic carbocycles. The molecule has 1 heterocycles. The molecule has 1 saturated heterocycles. The highest BCUT2D eigenvalue weighted by atomic mass is 15.2. The first-order valence-electron chi connectivity index (χ1n) is 6.82. The molecule has 0 aromatic heterocycles. The van der Waals surface area contributed by atoms with E-state index in [1.807, 2.05) is 6.08 Å².